The highest BCUT2D eigenvalue weighted by molar-refractivity contribution is 5.91. The average Bonchev–Trinajstić information content (AvgIpc) is 2.38. The lowest BCUT2D eigenvalue weighted by molar-refractivity contribution is -0.117. The van der Waals surface area contributed by atoms with Crippen LogP contribution in [0.3, 0.4) is 0 Å². The molecule has 6 nitrogen and oxygen atoms in total. The molecule has 0 atom stereocenters. The summed E-state index contributed by atoms with van der Waals surface area (Å²) in [4.78, 5) is 11.5. The summed E-state index contributed by atoms with van der Waals surface area (Å²) in [5.41, 5.74) is 2.75. The van der Waals surface area contributed by atoms with Crippen LogP contribution in [0.5, 0.6) is 0 Å². The van der Waals surface area contributed by atoms with Gasteiger partial charge in [0.05, 0.1) is 26.2 Å². The standard InChI is InChI=1S/C12H17N2O4/c1-17-7-8-18-6-5-12(15)13-10-3-2-4-11(9-10)14-16/h2-4,9,14H,5-8H2,1H3,(H,13,15)/q-1. The maximum atomic E-state index is 11.5. The third kappa shape index (κ3) is 5.62. The minimum atomic E-state index is -0.157. The second-order valence-corrected chi connectivity index (χ2v) is 3.59. The first kappa shape index (κ1) is 14.4. The Hall–Kier alpha value is -1.63. The third-order valence-electron chi connectivity index (χ3n) is 2.17. The van der Waals surface area contributed by atoms with Gasteiger partial charge in [-0.1, -0.05) is 6.07 Å². The first-order valence-corrected chi connectivity index (χ1v) is 5.61. The summed E-state index contributed by atoms with van der Waals surface area (Å²) in [6, 6.07) is 6.59. The largest absolute Gasteiger partial charge is 0.761 e. The highest BCUT2D eigenvalue weighted by Gasteiger charge is 2.02. The van der Waals surface area contributed by atoms with Crippen LogP contribution in [0, 0.1) is 5.21 Å². The molecule has 1 aromatic rings. The molecule has 0 aliphatic carbocycles. The van der Waals surface area contributed by atoms with E-state index in [9.17, 15) is 10.0 Å². The quantitative estimate of drug-likeness (QED) is 0.543. The van der Waals surface area contributed by atoms with Crippen LogP contribution in [-0.2, 0) is 14.3 Å². The molecule has 6 heteroatoms. The molecule has 0 aliphatic rings. The van der Waals surface area contributed by atoms with Crippen molar-refractivity contribution in [1.29, 1.82) is 0 Å². The summed E-state index contributed by atoms with van der Waals surface area (Å²) in [7, 11) is 1.59. The maximum Gasteiger partial charge on any atom is 0.226 e. The van der Waals surface area contributed by atoms with Crippen LogP contribution in [-0.4, -0.2) is 32.8 Å². The van der Waals surface area contributed by atoms with Crippen molar-refractivity contribution in [1.82, 2.24) is 0 Å². The Labute approximate surface area is 106 Å². The summed E-state index contributed by atoms with van der Waals surface area (Å²) in [5.74, 6) is -0.157. The number of ether oxygens (including phenoxy) is 2. The van der Waals surface area contributed by atoms with Gasteiger partial charge in [0.15, 0.2) is 0 Å². The number of carbonyl (C=O) groups excluding carboxylic acids is 1. The number of rotatable bonds is 8. The van der Waals surface area contributed by atoms with Crippen LogP contribution in [0.1, 0.15) is 6.42 Å². The van der Waals surface area contributed by atoms with Gasteiger partial charge in [0.1, 0.15) is 0 Å². The third-order valence-corrected chi connectivity index (χ3v) is 2.17. The van der Waals surface area contributed by atoms with E-state index < -0.39 is 0 Å². The molecule has 0 aliphatic heterocycles. The Morgan fingerprint density at radius 3 is 2.78 bits per heavy atom. The van der Waals surface area contributed by atoms with E-state index in [4.69, 9.17) is 9.47 Å². The van der Waals surface area contributed by atoms with Gasteiger partial charge in [-0.2, -0.15) is 0 Å². The molecule has 0 fully saturated rings. The van der Waals surface area contributed by atoms with Crippen molar-refractivity contribution < 1.29 is 14.3 Å². The van der Waals surface area contributed by atoms with E-state index in [1.165, 1.54) is 0 Å². The first-order valence-electron chi connectivity index (χ1n) is 5.61. The normalized spacial score (nSPS) is 10.1. The van der Waals surface area contributed by atoms with Crippen molar-refractivity contribution in [3.05, 3.63) is 29.5 Å². The average molecular weight is 253 g/mol. The van der Waals surface area contributed by atoms with E-state index in [2.05, 4.69) is 5.32 Å². The van der Waals surface area contributed by atoms with E-state index in [1.54, 1.807) is 36.9 Å². The Morgan fingerprint density at radius 1 is 1.28 bits per heavy atom. The van der Waals surface area contributed by atoms with Crippen molar-refractivity contribution in [2.45, 2.75) is 6.42 Å². The predicted molar refractivity (Wildman–Crippen MR) is 69.4 cm³/mol. The molecule has 0 saturated heterocycles. The zero-order valence-electron chi connectivity index (χ0n) is 10.3. The fraction of sp³-hybridized carbons (Fsp3) is 0.417. The Morgan fingerprint density at radius 2 is 2.06 bits per heavy atom. The molecule has 100 valence electrons. The van der Waals surface area contributed by atoms with Gasteiger partial charge in [-0.3, -0.25) is 4.79 Å². The number of amides is 1. The van der Waals surface area contributed by atoms with Crippen LogP contribution >= 0.6 is 0 Å². The number of anilines is 2. The molecule has 0 unspecified atom stereocenters. The van der Waals surface area contributed by atoms with Gasteiger partial charge in [0.2, 0.25) is 5.91 Å². The molecule has 0 spiro atoms. The van der Waals surface area contributed by atoms with Gasteiger partial charge in [-0.25, -0.2) is 0 Å². The van der Waals surface area contributed by atoms with Crippen LogP contribution < -0.4 is 10.8 Å². The van der Waals surface area contributed by atoms with Crippen molar-refractivity contribution in [2.75, 3.05) is 37.7 Å². The van der Waals surface area contributed by atoms with Crippen molar-refractivity contribution in [2.24, 2.45) is 0 Å². The predicted octanol–water partition coefficient (Wildman–Crippen LogP) is 1.59. The molecule has 1 amide bonds. The molecule has 18 heavy (non-hydrogen) atoms. The molecule has 2 N–H and O–H groups in total. The highest BCUT2D eigenvalue weighted by Crippen LogP contribution is 2.14. The zero-order valence-corrected chi connectivity index (χ0v) is 10.3. The van der Waals surface area contributed by atoms with E-state index in [0.717, 1.165) is 0 Å². The molecule has 0 radical (unpaired) electrons. The molecule has 0 saturated carbocycles. The van der Waals surface area contributed by atoms with Crippen molar-refractivity contribution in [3.63, 3.8) is 0 Å². The summed E-state index contributed by atoms with van der Waals surface area (Å²) in [6.45, 7) is 1.33. The lowest BCUT2D eigenvalue weighted by Crippen LogP contribution is -2.15. The minimum Gasteiger partial charge on any atom is -0.761 e. The van der Waals surface area contributed by atoms with E-state index in [0.29, 0.717) is 31.2 Å². The zero-order chi connectivity index (χ0) is 13.2. The van der Waals surface area contributed by atoms with Gasteiger partial charge >= 0.3 is 0 Å². The lowest BCUT2D eigenvalue weighted by atomic mass is 10.2. The number of carbonyl (C=O) groups is 1. The maximum absolute atomic E-state index is 11.5. The highest BCUT2D eigenvalue weighted by atomic mass is 16.5. The van der Waals surface area contributed by atoms with Gasteiger partial charge in [-0.15, -0.1) is 0 Å². The van der Waals surface area contributed by atoms with Crippen LogP contribution in [0.2, 0.25) is 0 Å². The molecule has 0 bridgehead atoms. The number of benzene rings is 1. The van der Waals surface area contributed by atoms with Crippen molar-refractivity contribution in [3.8, 4) is 0 Å². The first-order chi connectivity index (χ1) is 8.76. The minimum absolute atomic E-state index is 0.157. The van der Waals surface area contributed by atoms with Gasteiger partial charge < -0.3 is 25.5 Å². The number of hydrogen-bond donors (Lipinski definition) is 2. The van der Waals surface area contributed by atoms with Gasteiger partial charge in [0.25, 0.3) is 0 Å². The summed E-state index contributed by atoms with van der Waals surface area (Å²) in [5, 5.41) is 13.1. The molecule has 1 aromatic carbocycles. The molecule has 0 aromatic heterocycles. The summed E-state index contributed by atoms with van der Waals surface area (Å²) in [6.07, 6.45) is 0.263. The summed E-state index contributed by atoms with van der Waals surface area (Å²) < 4.78 is 9.99. The second kappa shape index (κ2) is 8.46. The van der Waals surface area contributed by atoms with Crippen LogP contribution in [0.15, 0.2) is 24.3 Å². The fourth-order valence-corrected chi connectivity index (χ4v) is 1.29. The van der Waals surface area contributed by atoms with Crippen molar-refractivity contribution >= 4 is 17.3 Å². The van der Waals surface area contributed by atoms with Gasteiger partial charge in [0, 0.05) is 18.5 Å². The SMILES string of the molecule is COCCOCCC(=O)Nc1cccc(N[O-])c1. The second-order valence-electron chi connectivity index (χ2n) is 3.59. The van der Waals surface area contributed by atoms with Gasteiger partial charge in [-0.05, 0) is 18.2 Å². The molecular weight excluding hydrogens is 236 g/mol. The van der Waals surface area contributed by atoms with Crippen LogP contribution in [0.4, 0.5) is 11.4 Å². The topological polar surface area (TPSA) is 82.7 Å². The number of nitrogens with one attached hydrogen (secondary N) is 2. The Bertz CT molecular complexity index is 371. The lowest BCUT2D eigenvalue weighted by Gasteiger charge is -2.11. The monoisotopic (exact) mass is 253 g/mol. The number of hydrogen-bond acceptors (Lipinski definition) is 5. The van der Waals surface area contributed by atoms with E-state index >= 15 is 0 Å². The van der Waals surface area contributed by atoms with E-state index in [1.807, 2.05) is 0 Å². The van der Waals surface area contributed by atoms with E-state index in [-0.39, 0.29) is 12.3 Å². The molecule has 1 rings (SSSR count). The Kier molecular flexibility index (Phi) is 6.78. The molecular formula is C12H17N2O4-. The fourth-order valence-electron chi connectivity index (χ4n) is 1.29. The number of methoxy groups -OCH3 is 1. The smallest absolute Gasteiger partial charge is 0.226 e. The van der Waals surface area contributed by atoms with Crippen LogP contribution in [0.25, 0.3) is 0 Å². The summed E-state index contributed by atoms with van der Waals surface area (Å²) >= 11 is 0. The Balaban J connectivity index is 2.26. The molecule has 0 heterocycles.